The Bertz CT molecular complexity index is 597. The highest BCUT2D eigenvalue weighted by atomic mass is 16.5. The average molecular weight is 303 g/mol. The molecule has 1 saturated heterocycles. The lowest BCUT2D eigenvalue weighted by atomic mass is 9.92. The second kappa shape index (κ2) is 6.19. The summed E-state index contributed by atoms with van der Waals surface area (Å²) in [7, 11) is 0. The van der Waals surface area contributed by atoms with E-state index in [-0.39, 0.29) is 19.0 Å². The van der Waals surface area contributed by atoms with Gasteiger partial charge in [-0.3, -0.25) is 9.69 Å². The van der Waals surface area contributed by atoms with Crippen LogP contribution < -0.4 is 15.8 Å². The first-order chi connectivity index (χ1) is 10.4. The number of rotatable bonds is 6. The Labute approximate surface area is 129 Å². The van der Waals surface area contributed by atoms with Crippen molar-refractivity contribution in [2.24, 2.45) is 5.73 Å². The van der Waals surface area contributed by atoms with Gasteiger partial charge < -0.3 is 15.8 Å². The molecule has 6 heteroatoms. The molecule has 0 aromatic heterocycles. The molecule has 1 heterocycles. The maximum Gasteiger partial charge on any atom is 0.325 e. The molecule has 1 aliphatic rings. The van der Waals surface area contributed by atoms with E-state index in [1.54, 1.807) is 31.2 Å². The number of carbonyl (C=O) groups is 2. The molecule has 3 N–H and O–H groups in total. The average Bonchev–Trinajstić information content (AvgIpc) is 2.70. The summed E-state index contributed by atoms with van der Waals surface area (Å²) in [4.78, 5) is 25.5. The maximum atomic E-state index is 12.5. The minimum atomic E-state index is -1.07. The number of carbonyl (C=O) groups excluding carboxylic acids is 2. The molecule has 6 nitrogen and oxygen atoms in total. The van der Waals surface area contributed by atoms with Crippen LogP contribution in [0, 0.1) is 0 Å². The van der Waals surface area contributed by atoms with Gasteiger partial charge in [0.2, 0.25) is 0 Å². The van der Waals surface area contributed by atoms with Crippen molar-refractivity contribution in [1.29, 1.82) is 0 Å². The van der Waals surface area contributed by atoms with E-state index in [1.165, 1.54) is 0 Å². The van der Waals surface area contributed by atoms with Gasteiger partial charge in [-0.15, -0.1) is 0 Å². The van der Waals surface area contributed by atoms with Crippen molar-refractivity contribution in [2.75, 3.05) is 19.7 Å². The highest BCUT2D eigenvalue weighted by Gasteiger charge is 2.48. The fourth-order valence-electron chi connectivity index (χ4n) is 2.32. The lowest BCUT2D eigenvalue weighted by Crippen LogP contribution is -2.41. The Balaban J connectivity index is 2.18. The van der Waals surface area contributed by atoms with Gasteiger partial charge in [-0.05, 0) is 37.1 Å². The van der Waals surface area contributed by atoms with Gasteiger partial charge >= 0.3 is 6.03 Å². The molecular weight excluding hydrogens is 282 g/mol. The number of ether oxygens (including phenoxy) is 1. The molecule has 118 valence electrons. The van der Waals surface area contributed by atoms with E-state index in [2.05, 4.69) is 11.9 Å². The number of urea groups is 1. The number of imide groups is 1. The number of nitrogens with one attached hydrogen (secondary N) is 1. The van der Waals surface area contributed by atoms with Gasteiger partial charge in [-0.25, -0.2) is 4.79 Å². The van der Waals surface area contributed by atoms with E-state index in [9.17, 15) is 9.59 Å². The zero-order valence-corrected chi connectivity index (χ0v) is 12.9. The van der Waals surface area contributed by atoms with Crippen LogP contribution in [0.1, 0.15) is 19.4 Å². The van der Waals surface area contributed by atoms with Crippen molar-refractivity contribution >= 4 is 11.9 Å². The van der Waals surface area contributed by atoms with Gasteiger partial charge in [0.1, 0.15) is 17.9 Å². The molecule has 3 amide bonds. The highest BCUT2D eigenvalue weighted by molar-refractivity contribution is 6.07. The SMILES string of the molecule is C=C(C)COc1ccc(C2(C)NC(=O)N(CCN)C2=O)cc1. The van der Waals surface area contributed by atoms with E-state index >= 15 is 0 Å². The van der Waals surface area contributed by atoms with Gasteiger partial charge in [0.05, 0.1) is 0 Å². The Hall–Kier alpha value is -2.34. The third kappa shape index (κ3) is 2.96. The van der Waals surface area contributed by atoms with Gasteiger partial charge in [0.25, 0.3) is 5.91 Å². The lowest BCUT2D eigenvalue weighted by molar-refractivity contribution is -0.131. The van der Waals surface area contributed by atoms with Crippen LogP contribution in [0.2, 0.25) is 0 Å². The molecule has 22 heavy (non-hydrogen) atoms. The smallest absolute Gasteiger partial charge is 0.325 e. The third-order valence-electron chi connectivity index (χ3n) is 3.54. The van der Waals surface area contributed by atoms with Crippen LogP contribution in [0.5, 0.6) is 5.75 Å². The monoisotopic (exact) mass is 303 g/mol. The first-order valence-electron chi connectivity index (χ1n) is 7.10. The summed E-state index contributed by atoms with van der Waals surface area (Å²) >= 11 is 0. The topological polar surface area (TPSA) is 84.7 Å². The molecule has 1 unspecified atom stereocenters. The molecule has 1 aromatic carbocycles. The molecular formula is C16H21N3O3. The second-order valence-corrected chi connectivity index (χ2v) is 5.57. The van der Waals surface area contributed by atoms with E-state index in [0.29, 0.717) is 17.9 Å². The third-order valence-corrected chi connectivity index (χ3v) is 3.54. The van der Waals surface area contributed by atoms with Crippen molar-refractivity contribution in [3.8, 4) is 5.75 Å². The summed E-state index contributed by atoms with van der Waals surface area (Å²) < 4.78 is 5.53. The Morgan fingerprint density at radius 3 is 2.55 bits per heavy atom. The largest absolute Gasteiger partial charge is 0.489 e. The van der Waals surface area contributed by atoms with Crippen LogP contribution in [0.15, 0.2) is 36.4 Å². The molecule has 0 saturated carbocycles. The highest BCUT2D eigenvalue weighted by Crippen LogP contribution is 2.29. The first-order valence-corrected chi connectivity index (χ1v) is 7.10. The zero-order valence-electron chi connectivity index (χ0n) is 12.9. The molecule has 1 aliphatic heterocycles. The van der Waals surface area contributed by atoms with Crippen LogP contribution in [0.3, 0.4) is 0 Å². The predicted molar refractivity (Wildman–Crippen MR) is 83.4 cm³/mol. The van der Waals surface area contributed by atoms with Crippen LogP contribution in [-0.4, -0.2) is 36.5 Å². The van der Waals surface area contributed by atoms with Gasteiger partial charge in [0.15, 0.2) is 0 Å². The molecule has 1 aromatic rings. The van der Waals surface area contributed by atoms with Gasteiger partial charge in [-0.1, -0.05) is 18.7 Å². The Kier molecular flexibility index (Phi) is 4.51. The quantitative estimate of drug-likeness (QED) is 0.614. The van der Waals surface area contributed by atoms with Crippen molar-refractivity contribution in [3.05, 3.63) is 42.0 Å². The summed E-state index contributed by atoms with van der Waals surface area (Å²) in [5.74, 6) is 0.393. The van der Waals surface area contributed by atoms with Crippen LogP contribution in [0.4, 0.5) is 4.79 Å². The number of nitrogens with two attached hydrogens (primary N) is 1. The summed E-state index contributed by atoms with van der Waals surface area (Å²) in [6, 6.07) is 6.68. The van der Waals surface area contributed by atoms with Crippen LogP contribution in [-0.2, 0) is 10.3 Å². The molecule has 0 bridgehead atoms. The predicted octanol–water partition coefficient (Wildman–Crippen LogP) is 1.37. The lowest BCUT2D eigenvalue weighted by Gasteiger charge is -2.22. The van der Waals surface area contributed by atoms with Crippen molar-refractivity contribution in [3.63, 3.8) is 0 Å². The minimum absolute atomic E-state index is 0.208. The molecule has 0 spiro atoms. The Morgan fingerprint density at radius 2 is 2.00 bits per heavy atom. The number of hydrogen-bond acceptors (Lipinski definition) is 4. The normalized spacial score (nSPS) is 21.0. The number of hydrogen-bond donors (Lipinski definition) is 2. The van der Waals surface area contributed by atoms with Crippen molar-refractivity contribution in [1.82, 2.24) is 10.2 Å². The van der Waals surface area contributed by atoms with Crippen LogP contribution >= 0.6 is 0 Å². The summed E-state index contributed by atoms with van der Waals surface area (Å²) in [5.41, 5.74) is 5.99. The molecule has 0 aliphatic carbocycles. The fourth-order valence-corrected chi connectivity index (χ4v) is 2.32. The van der Waals surface area contributed by atoms with Crippen molar-refractivity contribution in [2.45, 2.75) is 19.4 Å². The number of benzene rings is 1. The molecule has 1 fully saturated rings. The first kappa shape index (κ1) is 16.0. The van der Waals surface area contributed by atoms with E-state index in [0.717, 1.165) is 10.5 Å². The molecule has 0 radical (unpaired) electrons. The maximum absolute atomic E-state index is 12.5. The van der Waals surface area contributed by atoms with Gasteiger partial charge in [0, 0.05) is 13.1 Å². The summed E-state index contributed by atoms with van der Waals surface area (Å²) in [6.07, 6.45) is 0. The minimum Gasteiger partial charge on any atom is -0.489 e. The molecule has 1 atom stereocenters. The standard InChI is InChI=1S/C16H21N3O3/c1-11(2)10-22-13-6-4-12(5-7-13)16(3)14(20)19(9-8-17)15(21)18-16/h4-7H,1,8-10,17H2,2-3H3,(H,18,21). The zero-order chi connectivity index (χ0) is 16.3. The summed E-state index contributed by atoms with van der Waals surface area (Å²) in [6.45, 7) is 8.23. The van der Waals surface area contributed by atoms with E-state index in [1.807, 2.05) is 6.92 Å². The van der Waals surface area contributed by atoms with Crippen LogP contribution in [0.25, 0.3) is 0 Å². The number of amides is 3. The molecule has 2 rings (SSSR count). The number of nitrogens with zero attached hydrogens (tertiary/aromatic N) is 1. The second-order valence-electron chi connectivity index (χ2n) is 5.57. The van der Waals surface area contributed by atoms with Gasteiger partial charge in [-0.2, -0.15) is 0 Å². The van der Waals surface area contributed by atoms with E-state index in [4.69, 9.17) is 10.5 Å². The fraction of sp³-hybridized carbons (Fsp3) is 0.375. The van der Waals surface area contributed by atoms with E-state index < -0.39 is 11.6 Å². The summed E-state index contributed by atoms with van der Waals surface area (Å²) in [5, 5.41) is 2.73. The van der Waals surface area contributed by atoms with Crippen molar-refractivity contribution < 1.29 is 14.3 Å². The Morgan fingerprint density at radius 1 is 1.36 bits per heavy atom.